The molecule has 0 aliphatic heterocycles. The first kappa shape index (κ1) is 23.8. The first-order chi connectivity index (χ1) is 17.8. The van der Waals surface area contributed by atoms with Crippen LogP contribution < -0.4 is 21.1 Å². The van der Waals surface area contributed by atoms with Gasteiger partial charge in [0, 0.05) is 17.5 Å². The molecular weight excluding hydrogens is 466 g/mol. The number of nitrogens with one attached hydrogen (secondary N) is 2. The number of nitrogen functional groups attached to an aromatic ring is 1. The number of nitrogens with two attached hydrogens (primary N) is 1. The average molecular weight is 493 g/mol. The maximum Gasteiger partial charge on any atom is 0.362 e. The van der Waals surface area contributed by atoms with E-state index in [9.17, 15) is 9.59 Å². The van der Waals surface area contributed by atoms with Gasteiger partial charge >= 0.3 is 5.65 Å². The molecule has 0 aliphatic rings. The molecule has 184 valence electrons. The van der Waals surface area contributed by atoms with Crippen molar-refractivity contribution in [3.8, 4) is 17.5 Å². The molecule has 2 aromatic carbocycles. The van der Waals surface area contributed by atoms with Crippen molar-refractivity contribution < 1.29 is 9.31 Å². The number of carbonyl (C=O) groups is 1. The van der Waals surface area contributed by atoms with E-state index in [4.69, 9.17) is 10.7 Å². The van der Waals surface area contributed by atoms with Crippen LogP contribution in [0.2, 0.25) is 0 Å². The molecular formula is C28H26N7O2+. The maximum absolute atomic E-state index is 14.0. The minimum Gasteiger partial charge on any atom is -0.382 e. The number of para-hydroxylation sites is 1. The Labute approximate surface area is 213 Å². The summed E-state index contributed by atoms with van der Waals surface area (Å²) in [6, 6.07) is 15.7. The van der Waals surface area contributed by atoms with Gasteiger partial charge in [0.25, 0.3) is 11.5 Å². The number of nitrogens with zero attached hydrogens (tertiary/aromatic N) is 4. The molecule has 3 heterocycles. The third-order valence-corrected chi connectivity index (χ3v) is 5.88. The summed E-state index contributed by atoms with van der Waals surface area (Å²) < 4.78 is 3.10. The van der Waals surface area contributed by atoms with Gasteiger partial charge in [-0.25, -0.2) is 10.1 Å². The number of anilines is 1. The zero-order valence-electron chi connectivity index (χ0n) is 20.7. The minimum atomic E-state index is -0.645. The number of aromatic amines is 1. The van der Waals surface area contributed by atoms with Crippen LogP contribution in [0.3, 0.4) is 0 Å². The molecule has 5 aromatic rings. The lowest BCUT2D eigenvalue weighted by atomic mass is 10.1. The molecule has 5 rings (SSSR count). The second-order valence-corrected chi connectivity index (χ2v) is 8.98. The third kappa shape index (κ3) is 4.41. The number of carbonyl (C=O) groups excluding carboxylic acids is 1. The Bertz CT molecular complexity index is 1760. The largest absolute Gasteiger partial charge is 0.382 e. The van der Waals surface area contributed by atoms with Gasteiger partial charge in [-0.1, -0.05) is 50.0 Å². The molecule has 9 nitrogen and oxygen atoms in total. The van der Waals surface area contributed by atoms with Gasteiger partial charge in [-0.3, -0.25) is 14.2 Å². The van der Waals surface area contributed by atoms with E-state index in [1.807, 2.05) is 56.3 Å². The van der Waals surface area contributed by atoms with Gasteiger partial charge < -0.3 is 11.1 Å². The molecule has 0 bridgehead atoms. The second-order valence-electron chi connectivity index (χ2n) is 8.98. The highest BCUT2D eigenvalue weighted by Gasteiger charge is 2.27. The fourth-order valence-corrected chi connectivity index (χ4v) is 4.20. The van der Waals surface area contributed by atoms with Crippen LogP contribution in [0.1, 0.15) is 48.6 Å². The van der Waals surface area contributed by atoms with Gasteiger partial charge in [0.2, 0.25) is 0 Å². The Balaban J connectivity index is 1.66. The Morgan fingerprint density at radius 3 is 2.65 bits per heavy atom. The van der Waals surface area contributed by atoms with Gasteiger partial charge in [-0.05, 0) is 36.2 Å². The van der Waals surface area contributed by atoms with E-state index in [1.54, 1.807) is 36.0 Å². The molecule has 0 aliphatic carbocycles. The van der Waals surface area contributed by atoms with E-state index in [0.717, 1.165) is 0 Å². The second kappa shape index (κ2) is 9.59. The van der Waals surface area contributed by atoms with E-state index in [2.05, 4.69) is 27.2 Å². The van der Waals surface area contributed by atoms with Crippen molar-refractivity contribution in [2.45, 2.75) is 26.8 Å². The van der Waals surface area contributed by atoms with Crippen LogP contribution >= 0.6 is 0 Å². The number of rotatable bonds is 4. The molecule has 37 heavy (non-hydrogen) atoms. The van der Waals surface area contributed by atoms with Crippen molar-refractivity contribution in [1.29, 1.82) is 0 Å². The molecule has 0 saturated carbocycles. The fraction of sp³-hybridized carbons (Fsp3) is 0.179. The summed E-state index contributed by atoms with van der Waals surface area (Å²) in [7, 11) is 0. The smallest absolute Gasteiger partial charge is 0.362 e. The standard InChI is InChI=1S/C28H25N7O2/c1-17(2)13-14-19-9-7-12-21-22(19)28(37)35(20-10-5-4-6-11-20)25(32-21)18(3)31-27(36)23-24(29)33-34-16-8-15-30-26(23)34/h4-12,15-18H,1-3H3,(H3,29,31,33,36)/p+1. The number of H-pyrrole nitrogens is 1. The summed E-state index contributed by atoms with van der Waals surface area (Å²) in [5, 5.41) is 6.28. The predicted molar refractivity (Wildman–Crippen MR) is 141 cm³/mol. The van der Waals surface area contributed by atoms with Crippen LogP contribution in [0.4, 0.5) is 5.82 Å². The van der Waals surface area contributed by atoms with Crippen LogP contribution in [-0.4, -0.2) is 25.5 Å². The monoisotopic (exact) mass is 492 g/mol. The van der Waals surface area contributed by atoms with E-state index in [-0.39, 0.29) is 22.9 Å². The van der Waals surface area contributed by atoms with Gasteiger partial charge in [-0.15, -0.1) is 4.52 Å². The lowest BCUT2D eigenvalue weighted by Gasteiger charge is -2.19. The Kier molecular flexibility index (Phi) is 6.15. The zero-order chi connectivity index (χ0) is 26.1. The molecule has 1 atom stereocenters. The maximum atomic E-state index is 14.0. The predicted octanol–water partition coefficient (Wildman–Crippen LogP) is 2.93. The van der Waals surface area contributed by atoms with Gasteiger partial charge in [0.15, 0.2) is 11.4 Å². The quantitative estimate of drug-likeness (QED) is 0.263. The third-order valence-electron chi connectivity index (χ3n) is 5.88. The Hall–Kier alpha value is -4.97. The lowest BCUT2D eigenvalue weighted by molar-refractivity contribution is -0.577. The number of hydrogen-bond donors (Lipinski definition) is 3. The van der Waals surface area contributed by atoms with Crippen molar-refractivity contribution in [2.24, 2.45) is 5.92 Å². The molecule has 0 spiro atoms. The molecule has 3 aromatic heterocycles. The summed E-state index contributed by atoms with van der Waals surface area (Å²) in [4.78, 5) is 36.4. The highest BCUT2D eigenvalue weighted by molar-refractivity contribution is 6.03. The van der Waals surface area contributed by atoms with E-state index in [0.29, 0.717) is 33.6 Å². The number of fused-ring (bicyclic) bond motifs is 2. The van der Waals surface area contributed by atoms with Crippen molar-refractivity contribution >= 4 is 28.3 Å². The summed E-state index contributed by atoms with van der Waals surface area (Å²) in [5.41, 5.74) is 8.20. The number of benzene rings is 2. The van der Waals surface area contributed by atoms with Crippen LogP contribution in [0.25, 0.3) is 22.2 Å². The zero-order valence-corrected chi connectivity index (χ0v) is 20.7. The van der Waals surface area contributed by atoms with Crippen LogP contribution in [0.15, 0.2) is 71.8 Å². The van der Waals surface area contributed by atoms with E-state index >= 15 is 0 Å². The highest BCUT2D eigenvalue weighted by atomic mass is 16.2. The first-order valence-electron chi connectivity index (χ1n) is 11.9. The van der Waals surface area contributed by atoms with Gasteiger partial charge in [0.05, 0.1) is 22.6 Å². The van der Waals surface area contributed by atoms with E-state index < -0.39 is 11.9 Å². The van der Waals surface area contributed by atoms with Crippen molar-refractivity contribution in [1.82, 2.24) is 25.0 Å². The molecule has 1 amide bonds. The van der Waals surface area contributed by atoms with Crippen molar-refractivity contribution in [3.63, 3.8) is 0 Å². The van der Waals surface area contributed by atoms with Crippen LogP contribution in [0.5, 0.6) is 0 Å². The van der Waals surface area contributed by atoms with Crippen LogP contribution in [-0.2, 0) is 0 Å². The lowest BCUT2D eigenvalue weighted by Crippen LogP contribution is -2.34. The molecule has 0 radical (unpaired) electrons. The molecule has 0 saturated heterocycles. The van der Waals surface area contributed by atoms with Crippen molar-refractivity contribution in [3.05, 3.63) is 94.3 Å². The van der Waals surface area contributed by atoms with E-state index in [1.165, 1.54) is 4.57 Å². The summed E-state index contributed by atoms with van der Waals surface area (Å²) in [6.07, 6.45) is 3.30. The SMILES string of the molecule is CC(C)C#Cc1cccc2nc(C(C)NC(=O)c3c(N)[nH][n+]4cccnc34)n(-c3ccccc3)c(=O)c12. The molecule has 1 unspecified atom stereocenters. The highest BCUT2D eigenvalue weighted by Crippen LogP contribution is 2.21. The summed E-state index contributed by atoms with van der Waals surface area (Å²) >= 11 is 0. The molecule has 0 fully saturated rings. The average Bonchev–Trinajstić information content (AvgIpc) is 3.23. The Morgan fingerprint density at radius 1 is 1.11 bits per heavy atom. The summed E-state index contributed by atoms with van der Waals surface area (Å²) in [6.45, 7) is 5.77. The summed E-state index contributed by atoms with van der Waals surface area (Å²) in [5.74, 6) is 6.54. The minimum absolute atomic E-state index is 0.152. The topological polar surface area (TPSA) is 123 Å². The number of amides is 1. The number of hydrogen-bond acceptors (Lipinski definition) is 5. The fourth-order valence-electron chi connectivity index (χ4n) is 4.20. The van der Waals surface area contributed by atoms with Gasteiger partial charge in [0.1, 0.15) is 18.2 Å². The molecule has 9 heteroatoms. The molecule has 4 N–H and O–H groups in total. The number of aromatic nitrogens is 5. The normalized spacial score (nSPS) is 11.9. The van der Waals surface area contributed by atoms with Crippen molar-refractivity contribution in [2.75, 3.05) is 5.73 Å². The first-order valence-corrected chi connectivity index (χ1v) is 11.9. The van der Waals surface area contributed by atoms with Gasteiger partial charge in [-0.2, -0.15) is 0 Å². The van der Waals surface area contributed by atoms with Crippen LogP contribution in [0, 0.1) is 17.8 Å². The Morgan fingerprint density at radius 2 is 1.89 bits per heavy atom.